The van der Waals surface area contributed by atoms with Crippen LogP contribution in [-0.4, -0.2) is 46.6 Å². The molecule has 0 radical (unpaired) electrons. The van der Waals surface area contributed by atoms with Crippen LogP contribution < -0.4 is 4.74 Å². The molecule has 2 aromatic rings. The number of hydrogen-bond donors (Lipinski definition) is 1. The fourth-order valence-corrected chi connectivity index (χ4v) is 7.43. The molecule has 0 bridgehead atoms. The number of ketones is 2. The summed E-state index contributed by atoms with van der Waals surface area (Å²) >= 11 is 4.76. The third kappa shape index (κ3) is 4.04. The average molecular weight is 594 g/mol. The van der Waals surface area contributed by atoms with Gasteiger partial charge in [0.15, 0.2) is 11.6 Å². The Morgan fingerprint density at radius 2 is 1.84 bits per heavy atom. The molecule has 1 aromatic carbocycles. The monoisotopic (exact) mass is 593 g/mol. The number of halogens is 1. The van der Waals surface area contributed by atoms with E-state index in [1.54, 1.807) is 12.1 Å². The topological polar surface area (TPSA) is 101 Å². The molecule has 3 aliphatic carbocycles. The Bertz CT molecular complexity index is 1440. The van der Waals surface area contributed by atoms with Gasteiger partial charge >= 0.3 is 0 Å². The number of rotatable bonds is 6. The lowest BCUT2D eigenvalue weighted by molar-refractivity contribution is -0.140. The quantitative estimate of drug-likeness (QED) is 0.308. The number of Topliss-reactive ketones (excluding diaryl/α,β-unsaturated/α-hetero) is 1. The molecule has 0 saturated carbocycles. The van der Waals surface area contributed by atoms with Gasteiger partial charge in [-0.2, -0.15) is 0 Å². The molecule has 4 unspecified atom stereocenters. The van der Waals surface area contributed by atoms with Gasteiger partial charge in [-0.05, 0) is 63.8 Å². The first-order valence-corrected chi connectivity index (χ1v) is 14.2. The smallest absolute Gasteiger partial charge is 0.234 e. The van der Waals surface area contributed by atoms with Gasteiger partial charge in [-0.1, -0.05) is 29.8 Å². The zero-order valence-corrected chi connectivity index (χ0v) is 22.7. The highest BCUT2D eigenvalue weighted by molar-refractivity contribution is 9.12. The highest BCUT2D eigenvalue weighted by Crippen LogP contribution is 2.55. The number of likely N-dealkylation sites (tertiary alicyclic amines) is 1. The number of aliphatic hydroxyl groups is 1. The van der Waals surface area contributed by atoms with Crippen LogP contribution in [0.4, 0.5) is 0 Å². The van der Waals surface area contributed by atoms with Crippen LogP contribution in [0.15, 0.2) is 75.1 Å². The number of thiophene rings is 1. The minimum atomic E-state index is -0.571. The van der Waals surface area contributed by atoms with E-state index in [1.165, 1.54) is 22.3 Å². The second-order valence-corrected chi connectivity index (χ2v) is 11.8. The molecule has 194 valence electrons. The van der Waals surface area contributed by atoms with Crippen molar-refractivity contribution in [1.29, 1.82) is 0 Å². The van der Waals surface area contributed by atoms with Crippen LogP contribution in [0.3, 0.4) is 0 Å². The summed E-state index contributed by atoms with van der Waals surface area (Å²) in [4.78, 5) is 56.0. The Balaban J connectivity index is 1.41. The number of carbonyl (C=O) groups is 4. The Kier molecular flexibility index (Phi) is 6.53. The lowest BCUT2D eigenvalue weighted by Gasteiger charge is -2.42. The molecule has 4 atom stereocenters. The van der Waals surface area contributed by atoms with Gasteiger partial charge in [0.2, 0.25) is 11.8 Å². The lowest BCUT2D eigenvalue weighted by Crippen LogP contribution is -2.39. The highest BCUT2D eigenvalue weighted by atomic mass is 79.9. The van der Waals surface area contributed by atoms with E-state index in [-0.39, 0.29) is 60.0 Å². The Hall–Kier alpha value is -3.14. The van der Waals surface area contributed by atoms with E-state index in [0.29, 0.717) is 23.3 Å². The number of carbonyl (C=O) groups excluding carboxylic acids is 4. The number of fused-ring (bicyclic) bond motifs is 3. The summed E-state index contributed by atoms with van der Waals surface area (Å²) in [6, 6.07) is 11.1. The zero-order valence-electron chi connectivity index (χ0n) is 20.3. The summed E-state index contributed by atoms with van der Waals surface area (Å²) in [5.74, 6) is -2.17. The van der Waals surface area contributed by atoms with Crippen molar-refractivity contribution in [3.63, 3.8) is 0 Å². The number of imide groups is 1. The van der Waals surface area contributed by atoms with Crippen molar-refractivity contribution in [2.75, 3.05) is 13.2 Å². The van der Waals surface area contributed by atoms with Crippen LogP contribution in [0, 0.1) is 17.8 Å². The number of amides is 2. The predicted octanol–water partition coefficient (Wildman–Crippen LogP) is 4.08. The first-order valence-electron chi connectivity index (χ1n) is 12.5. The molecule has 2 heterocycles. The molecule has 0 spiro atoms. The summed E-state index contributed by atoms with van der Waals surface area (Å²) in [6.45, 7) is 0.312. The summed E-state index contributed by atoms with van der Waals surface area (Å²) in [6.07, 6.45) is 4.00. The van der Waals surface area contributed by atoms with Gasteiger partial charge in [-0.25, -0.2) is 0 Å². The van der Waals surface area contributed by atoms with Crippen molar-refractivity contribution in [1.82, 2.24) is 4.90 Å². The zero-order chi connectivity index (χ0) is 26.6. The maximum absolute atomic E-state index is 13.7. The second-order valence-electron chi connectivity index (χ2n) is 9.88. The molecule has 6 rings (SSSR count). The van der Waals surface area contributed by atoms with Gasteiger partial charge in [0, 0.05) is 28.0 Å². The van der Waals surface area contributed by atoms with E-state index >= 15 is 0 Å². The largest absolute Gasteiger partial charge is 0.491 e. The number of nitrogens with zero attached hydrogens (tertiary/aromatic N) is 1. The molecule has 1 fully saturated rings. The molecule has 1 saturated heterocycles. The van der Waals surface area contributed by atoms with Gasteiger partial charge in [0.05, 0.1) is 29.5 Å². The van der Waals surface area contributed by atoms with Crippen LogP contribution in [0.2, 0.25) is 0 Å². The maximum Gasteiger partial charge on any atom is 0.234 e. The lowest BCUT2D eigenvalue weighted by atomic mass is 9.59. The van der Waals surface area contributed by atoms with E-state index in [1.807, 2.05) is 35.7 Å². The minimum absolute atomic E-state index is 0.105. The van der Waals surface area contributed by atoms with E-state index < -0.39 is 17.8 Å². The SMILES string of the molecule is O=C1C=C(Br)C(=O)C2=C1C(c1ccc(OCCO)cc1)C1=CCC3C(=O)N(Cc4cccs4)C(=O)C3C1C2. The highest BCUT2D eigenvalue weighted by Gasteiger charge is 2.56. The van der Waals surface area contributed by atoms with E-state index in [9.17, 15) is 19.2 Å². The number of ether oxygens (including phenoxy) is 1. The first-order chi connectivity index (χ1) is 18.4. The van der Waals surface area contributed by atoms with E-state index in [0.717, 1.165) is 16.0 Å². The van der Waals surface area contributed by atoms with Crippen LogP contribution in [0.5, 0.6) is 5.75 Å². The maximum atomic E-state index is 13.7. The van der Waals surface area contributed by atoms with Crippen molar-refractivity contribution >= 4 is 50.6 Å². The van der Waals surface area contributed by atoms with Crippen molar-refractivity contribution in [3.05, 3.63) is 85.6 Å². The third-order valence-electron chi connectivity index (χ3n) is 7.89. The van der Waals surface area contributed by atoms with E-state index in [2.05, 4.69) is 15.9 Å². The molecule has 1 N–H and O–H groups in total. The van der Waals surface area contributed by atoms with Crippen LogP contribution >= 0.6 is 27.3 Å². The number of allylic oxidation sites excluding steroid dienone is 6. The first kappa shape index (κ1) is 25.2. The molecule has 38 heavy (non-hydrogen) atoms. The van der Waals surface area contributed by atoms with Gasteiger partial charge in [0.1, 0.15) is 12.4 Å². The van der Waals surface area contributed by atoms with Crippen LogP contribution in [0.25, 0.3) is 0 Å². The van der Waals surface area contributed by atoms with Crippen molar-refractivity contribution in [2.24, 2.45) is 17.8 Å². The van der Waals surface area contributed by atoms with Crippen molar-refractivity contribution in [3.8, 4) is 5.75 Å². The van der Waals surface area contributed by atoms with Crippen LogP contribution in [0.1, 0.15) is 29.2 Å². The Labute approximate surface area is 231 Å². The second kappa shape index (κ2) is 9.87. The summed E-state index contributed by atoms with van der Waals surface area (Å²) in [7, 11) is 0. The Morgan fingerprint density at radius 1 is 1.05 bits per heavy atom. The fourth-order valence-electron chi connectivity index (χ4n) is 6.29. The molecule has 4 aliphatic rings. The third-order valence-corrected chi connectivity index (χ3v) is 9.34. The molecular formula is C29H24BrNO6S. The number of benzene rings is 1. The standard InChI is InChI=1S/C29H24BrNO6S/c30-22-13-23(33)26-21(27(22)34)12-20-18(24(26)15-3-5-16(6-4-15)37-10-9-32)7-8-19-25(20)29(36)31(28(19)35)14-17-2-1-11-38-17/h1-7,11,13,19-20,24-25,32H,8-10,12,14H2. The summed E-state index contributed by atoms with van der Waals surface area (Å²) < 4.78 is 5.71. The minimum Gasteiger partial charge on any atom is -0.491 e. The summed E-state index contributed by atoms with van der Waals surface area (Å²) in [5, 5.41) is 11.0. The van der Waals surface area contributed by atoms with Crippen molar-refractivity contribution in [2.45, 2.75) is 25.3 Å². The normalized spacial score (nSPS) is 26.6. The van der Waals surface area contributed by atoms with Crippen LogP contribution in [-0.2, 0) is 25.7 Å². The van der Waals surface area contributed by atoms with Gasteiger partial charge in [-0.15, -0.1) is 11.3 Å². The van der Waals surface area contributed by atoms with Crippen molar-refractivity contribution < 1.29 is 29.0 Å². The van der Waals surface area contributed by atoms with Gasteiger partial charge in [-0.3, -0.25) is 24.1 Å². The molecular weight excluding hydrogens is 570 g/mol. The van der Waals surface area contributed by atoms with Gasteiger partial charge in [0.25, 0.3) is 0 Å². The molecule has 9 heteroatoms. The predicted molar refractivity (Wildman–Crippen MR) is 143 cm³/mol. The van der Waals surface area contributed by atoms with E-state index in [4.69, 9.17) is 9.84 Å². The molecule has 7 nitrogen and oxygen atoms in total. The number of aliphatic hydroxyl groups excluding tert-OH is 1. The number of hydrogen-bond acceptors (Lipinski definition) is 7. The molecule has 1 aliphatic heterocycles. The Morgan fingerprint density at radius 3 is 2.55 bits per heavy atom. The molecule has 1 aromatic heterocycles. The fraction of sp³-hybridized carbons (Fsp3) is 0.310. The van der Waals surface area contributed by atoms with Gasteiger partial charge < -0.3 is 9.84 Å². The molecule has 2 amide bonds. The average Bonchev–Trinajstić information content (AvgIpc) is 3.52. The summed E-state index contributed by atoms with van der Waals surface area (Å²) in [5.41, 5.74) is 2.58.